The van der Waals surface area contributed by atoms with Gasteiger partial charge in [0.05, 0.1) is 18.3 Å². The number of amides is 2. The van der Waals surface area contributed by atoms with E-state index in [0.717, 1.165) is 56.6 Å². The number of hydrogen-bond donors (Lipinski definition) is 1. The van der Waals surface area contributed by atoms with Gasteiger partial charge < -0.3 is 4.90 Å². The third kappa shape index (κ3) is 6.22. The highest BCUT2D eigenvalue weighted by atomic mass is 16.2. The van der Waals surface area contributed by atoms with E-state index >= 15 is 0 Å². The second kappa shape index (κ2) is 12.0. The Morgan fingerprint density at radius 1 is 1.28 bits per heavy atom. The Morgan fingerprint density at radius 2 is 2.08 bits per heavy atom. The van der Waals surface area contributed by atoms with E-state index in [1.54, 1.807) is 6.20 Å². The molecule has 0 aromatic heterocycles. The molecule has 190 valence electrons. The number of imide groups is 1. The molecule has 4 rings (SSSR count). The van der Waals surface area contributed by atoms with Gasteiger partial charge in [0.1, 0.15) is 6.29 Å². The molecular weight excluding hydrogens is 456 g/mol. The Hall–Kier alpha value is -3.43. The normalized spacial score (nSPS) is 21.7. The van der Waals surface area contributed by atoms with Crippen LogP contribution in [-0.4, -0.2) is 85.0 Å². The molecule has 36 heavy (non-hydrogen) atoms. The lowest BCUT2D eigenvalue weighted by Gasteiger charge is -2.35. The number of rotatable bonds is 9. The van der Waals surface area contributed by atoms with Crippen molar-refractivity contribution >= 4 is 31.0 Å². The second-order valence-corrected chi connectivity index (χ2v) is 9.59. The molecule has 0 radical (unpaired) electrons. The summed E-state index contributed by atoms with van der Waals surface area (Å²) >= 11 is 0. The van der Waals surface area contributed by atoms with Gasteiger partial charge in [0.2, 0.25) is 11.8 Å². The average Bonchev–Trinajstić information content (AvgIpc) is 2.89. The molecule has 1 N–H and O–H groups in total. The zero-order valence-electron chi connectivity index (χ0n) is 20.8. The number of carbonyl (C=O) groups excluding carboxylic acids is 3. The molecule has 2 fully saturated rings. The smallest absolute Gasteiger partial charge is 0.243 e. The maximum atomic E-state index is 12.3. The van der Waals surface area contributed by atoms with Gasteiger partial charge in [0.25, 0.3) is 0 Å². The molecule has 2 amide bonds. The van der Waals surface area contributed by atoms with Crippen LogP contribution in [0, 0.1) is 0 Å². The first-order chi connectivity index (χ1) is 17.5. The second-order valence-electron chi connectivity index (χ2n) is 9.59. The van der Waals surface area contributed by atoms with Gasteiger partial charge in [-0.2, -0.15) is 0 Å². The van der Waals surface area contributed by atoms with Gasteiger partial charge in [-0.1, -0.05) is 18.2 Å². The standard InChI is InChI=1S/C27H34N6O3/c1-28-16-24(33-13-9-29-10-14-33)18-32-11-7-20(8-12-32)21-3-4-22(19-34)23(15-21)17-31(2)25-5-6-26(35)30-27(25)36/h3-4,9-10,13,15-16,19-20,25H,1,5-8,11-12,14,17-18H2,2H3,(H,30,35,36)/b24-16-. The number of nitrogens with one attached hydrogen (secondary N) is 1. The van der Waals surface area contributed by atoms with Crippen LogP contribution < -0.4 is 5.32 Å². The number of aliphatic imine (C=N–C) groups is 2. The van der Waals surface area contributed by atoms with E-state index in [-0.39, 0.29) is 17.9 Å². The predicted molar refractivity (Wildman–Crippen MR) is 140 cm³/mol. The van der Waals surface area contributed by atoms with Crippen molar-refractivity contribution in [3.05, 3.63) is 59.2 Å². The zero-order valence-corrected chi connectivity index (χ0v) is 20.8. The summed E-state index contributed by atoms with van der Waals surface area (Å²) in [5.74, 6) is -0.0814. The highest BCUT2D eigenvalue weighted by molar-refractivity contribution is 6.00. The van der Waals surface area contributed by atoms with E-state index in [9.17, 15) is 14.4 Å². The molecule has 9 nitrogen and oxygen atoms in total. The Labute approximate surface area is 212 Å². The Bertz CT molecular complexity index is 1090. The molecule has 3 aliphatic rings. The monoisotopic (exact) mass is 490 g/mol. The molecule has 1 atom stereocenters. The van der Waals surface area contributed by atoms with Gasteiger partial charge in [-0.15, -0.1) is 0 Å². The van der Waals surface area contributed by atoms with Crippen molar-refractivity contribution in [1.82, 2.24) is 20.0 Å². The van der Waals surface area contributed by atoms with E-state index in [4.69, 9.17) is 0 Å². The van der Waals surface area contributed by atoms with Gasteiger partial charge in [0, 0.05) is 49.9 Å². The first-order valence-corrected chi connectivity index (χ1v) is 12.4. The first kappa shape index (κ1) is 25.7. The van der Waals surface area contributed by atoms with E-state index in [2.05, 4.69) is 44.0 Å². The number of aldehydes is 1. The summed E-state index contributed by atoms with van der Waals surface area (Å²) in [6.45, 7) is 7.56. The van der Waals surface area contributed by atoms with Crippen molar-refractivity contribution in [3.63, 3.8) is 0 Å². The highest BCUT2D eigenvalue weighted by Crippen LogP contribution is 2.30. The fourth-order valence-corrected chi connectivity index (χ4v) is 5.17. The van der Waals surface area contributed by atoms with Crippen LogP contribution in [0.2, 0.25) is 0 Å². The van der Waals surface area contributed by atoms with Crippen molar-refractivity contribution < 1.29 is 14.4 Å². The Balaban J connectivity index is 1.38. The summed E-state index contributed by atoms with van der Waals surface area (Å²) in [6.07, 6.45) is 11.2. The maximum absolute atomic E-state index is 12.3. The fraction of sp³-hybridized carbons (Fsp3) is 0.444. The number of piperidine rings is 2. The molecule has 3 aliphatic heterocycles. The quantitative estimate of drug-likeness (QED) is 0.324. The minimum atomic E-state index is -0.373. The molecule has 1 aromatic rings. The van der Waals surface area contributed by atoms with Crippen LogP contribution in [0.15, 0.2) is 52.5 Å². The topological polar surface area (TPSA) is 97.7 Å². The van der Waals surface area contributed by atoms with Crippen LogP contribution in [-0.2, 0) is 16.1 Å². The van der Waals surface area contributed by atoms with Gasteiger partial charge in [-0.05, 0) is 63.2 Å². The van der Waals surface area contributed by atoms with Crippen molar-refractivity contribution in [2.75, 3.05) is 33.2 Å². The van der Waals surface area contributed by atoms with Crippen molar-refractivity contribution in [1.29, 1.82) is 0 Å². The Morgan fingerprint density at radius 3 is 2.75 bits per heavy atom. The molecule has 0 bridgehead atoms. The van der Waals surface area contributed by atoms with Gasteiger partial charge in [-0.25, -0.2) is 0 Å². The van der Waals surface area contributed by atoms with Crippen molar-refractivity contribution in [2.24, 2.45) is 9.98 Å². The van der Waals surface area contributed by atoms with Gasteiger partial charge in [-0.3, -0.25) is 39.5 Å². The third-order valence-electron chi connectivity index (χ3n) is 7.23. The number of likely N-dealkylation sites (tertiary alicyclic amines) is 1. The first-order valence-electron chi connectivity index (χ1n) is 12.4. The van der Waals surface area contributed by atoms with Crippen LogP contribution in [0.1, 0.15) is 53.1 Å². The lowest BCUT2D eigenvalue weighted by molar-refractivity contribution is -0.137. The van der Waals surface area contributed by atoms with Gasteiger partial charge in [0.15, 0.2) is 0 Å². The van der Waals surface area contributed by atoms with Crippen LogP contribution in [0.25, 0.3) is 0 Å². The SMILES string of the molecule is C=N/C=C(/CN1CCC(c2ccc(C=O)c(CN(C)C3CCC(=O)NC3=O)c2)CC1)N1C=CN=CC1. The van der Waals surface area contributed by atoms with Crippen molar-refractivity contribution in [2.45, 2.75) is 44.2 Å². The molecular formula is C27H34N6O3. The third-order valence-corrected chi connectivity index (χ3v) is 7.23. The van der Waals surface area contributed by atoms with E-state index in [1.807, 2.05) is 36.6 Å². The molecule has 1 unspecified atom stereocenters. The molecule has 0 saturated carbocycles. The number of likely N-dealkylation sites (N-methyl/N-ethyl adjacent to an activating group) is 1. The molecule has 1 aromatic carbocycles. The fourth-order valence-electron chi connectivity index (χ4n) is 5.17. The molecule has 0 spiro atoms. The summed E-state index contributed by atoms with van der Waals surface area (Å²) in [5.41, 5.74) is 3.88. The summed E-state index contributed by atoms with van der Waals surface area (Å²) < 4.78 is 0. The Kier molecular flexibility index (Phi) is 8.56. The van der Waals surface area contributed by atoms with Crippen LogP contribution in [0.3, 0.4) is 0 Å². The molecule has 3 heterocycles. The van der Waals surface area contributed by atoms with Crippen LogP contribution >= 0.6 is 0 Å². The number of hydrogen-bond acceptors (Lipinski definition) is 8. The average molecular weight is 491 g/mol. The zero-order chi connectivity index (χ0) is 25.5. The number of benzene rings is 1. The molecule has 9 heteroatoms. The minimum Gasteiger partial charge on any atom is -0.342 e. The van der Waals surface area contributed by atoms with E-state index in [1.165, 1.54) is 5.56 Å². The number of nitrogens with zero attached hydrogens (tertiary/aromatic N) is 5. The van der Waals surface area contributed by atoms with E-state index in [0.29, 0.717) is 30.9 Å². The van der Waals surface area contributed by atoms with Crippen LogP contribution in [0.5, 0.6) is 0 Å². The summed E-state index contributed by atoms with van der Waals surface area (Å²) in [5, 5.41) is 2.41. The lowest BCUT2D eigenvalue weighted by Crippen LogP contribution is -2.51. The van der Waals surface area contributed by atoms with Gasteiger partial charge >= 0.3 is 0 Å². The summed E-state index contributed by atoms with van der Waals surface area (Å²) in [4.78, 5) is 50.1. The number of carbonyl (C=O) groups is 3. The van der Waals surface area contributed by atoms with Crippen LogP contribution in [0.4, 0.5) is 0 Å². The van der Waals surface area contributed by atoms with E-state index < -0.39 is 0 Å². The highest BCUT2D eigenvalue weighted by Gasteiger charge is 2.30. The predicted octanol–water partition coefficient (Wildman–Crippen LogP) is 2.32. The molecule has 0 aliphatic carbocycles. The lowest BCUT2D eigenvalue weighted by atomic mass is 9.87. The summed E-state index contributed by atoms with van der Waals surface area (Å²) in [6, 6.07) is 5.70. The minimum absolute atomic E-state index is 0.226. The van der Waals surface area contributed by atoms with Crippen molar-refractivity contribution in [3.8, 4) is 0 Å². The summed E-state index contributed by atoms with van der Waals surface area (Å²) in [7, 11) is 1.87. The largest absolute Gasteiger partial charge is 0.342 e. The molecule has 2 saturated heterocycles. The maximum Gasteiger partial charge on any atom is 0.243 e.